The lowest BCUT2D eigenvalue weighted by Gasteiger charge is -2.07. The topological polar surface area (TPSA) is 102 Å². The lowest BCUT2D eigenvalue weighted by atomic mass is 10.1. The molecule has 0 spiro atoms. The van der Waals surface area contributed by atoms with E-state index < -0.39 is 5.97 Å². The van der Waals surface area contributed by atoms with E-state index in [0.29, 0.717) is 34.0 Å². The Morgan fingerprint density at radius 1 is 1.21 bits per heavy atom. The first-order valence-corrected chi connectivity index (χ1v) is 8.99. The average Bonchev–Trinajstić information content (AvgIpc) is 3.13. The van der Waals surface area contributed by atoms with Gasteiger partial charge in [-0.1, -0.05) is 0 Å². The fourth-order valence-corrected chi connectivity index (χ4v) is 3.13. The summed E-state index contributed by atoms with van der Waals surface area (Å²) < 4.78 is 6.80. The van der Waals surface area contributed by atoms with Crippen LogP contribution < -0.4 is 5.32 Å². The summed E-state index contributed by atoms with van der Waals surface area (Å²) in [6, 6.07) is 5.51. The number of amides is 1. The summed E-state index contributed by atoms with van der Waals surface area (Å²) in [6.45, 7) is 9.34. The van der Waals surface area contributed by atoms with Crippen molar-refractivity contribution in [1.29, 1.82) is 0 Å². The molecule has 0 fully saturated rings. The van der Waals surface area contributed by atoms with Gasteiger partial charge in [-0.2, -0.15) is 5.10 Å². The second-order valence-corrected chi connectivity index (χ2v) is 6.54. The second-order valence-electron chi connectivity index (χ2n) is 6.54. The Kier molecular flexibility index (Phi) is 5.30. The minimum absolute atomic E-state index is 0.275. The van der Waals surface area contributed by atoms with Crippen molar-refractivity contribution in [2.75, 3.05) is 11.9 Å². The third-order valence-corrected chi connectivity index (χ3v) is 4.38. The molecule has 0 unspecified atom stereocenters. The normalized spacial score (nSPS) is 10.8. The Morgan fingerprint density at radius 2 is 1.96 bits per heavy atom. The number of anilines is 1. The van der Waals surface area contributed by atoms with E-state index in [4.69, 9.17) is 4.74 Å². The number of aryl methyl sites for hydroxylation is 3. The molecular formula is C20H23N5O3. The summed E-state index contributed by atoms with van der Waals surface area (Å²) in [4.78, 5) is 32.1. The number of carbonyl (C=O) groups is 2. The number of esters is 1. The number of nitrogens with one attached hydrogen (secondary N) is 2. The molecule has 3 aromatic heterocycles. The van der Waals surface area contributed by atoms with E-state index in [1.54, 1.807) is 43.8 Å². The Morgan fingerprint density at radius 3 is 2.54 bits per heavy atom. The molecule has 28 heavy (non-hydrogen) atoms. The van der Waals surface area contributed by atoms with Gasteiger partial charge in [0, 0.05) is 11.4 Å². The average molecular weight is 381 g/mol. The van der Waals surface area contributed by atoms with Gasteiger partial charge in [-0.05, 0) is 58.4 Å². The molecule has 0 saturated carbocycles. The molecule has 8 nitrogen and oxygen atoms in total. The van der Waals surface area contributed by atoms with Gasteiger partial charge in [-0.3, -0.25) is 4.79 Å². The van der Waals surface area contributed by atoms with Crippen LogP contribution in [0.4, 0.5) is 5.69 Å². The highest BCUT2D eigenvalue weighted by Gasteiger charge is 2.23. The molecule has 0 radical (unpaired) electrons. The van der Waals surface area contributed by atoms with E-state index >= 15 is 0 Å². The van der Waals surface area contributed by atoms with Gasteiger partial charge in [0.25, 0.3) is 5.91 Å². The zero-order valence-corrected chi connectivity index (χ0v) is 16.6. The predicted molar refractivity (Wildman–Crippen MR) is 105 cm³/mol. The van der Waals surface area contributed by atoms with E-state index in [-0.39, 0.29) is 12.5 Å². The molecule has 1 amide bonds. The first-order chi connectivity index (χ1) is 13.3. The lowest BCUT2D eigenvalue weighted by molar-refractivity contribution is 0.0525. The molecule has 3 rings (SSSR count). The number of rotatable bonds is 5. The summed E-state index contributed by atoms with van der Waals surface area (Å²) in [5.41, 5.74) is 4.30. The van der Waals surface area contributed by atoms with Gasteiger partial charge in [0.2, 0.25) is 0 Å². The van der Waals surface area contributed by atoms with E-state index in [0.717, 1.165) is 11.4 Å². The van der Waals surface area contributed by atoms with Gasteiger partial charge in [-0.25, -0.2) is 14.5 Å². The van der Waals surface area contributed by atoms with Gasteiger partial charge >= 0.3 is 5.97 Å². The third kappa shape index (κ3) is 3.66. The number of pyridine rings is 1. The van der Waals surface area contributed by atoms with Crippen molar-refractivity contribution >= 4 is 17.6 Å². The number of ether oxygens (including phenoxy) is 1. The van der Waals surface area contributed by atoms with E-state index in [1.165, 1.54) is 0 Å². The van der Waals surface area contributed by atoms with E-state index in [9.17, 15) is 9.59 Å². The Hall–Kier alpha value is -3.42. The van der Waals surface area contributed by atoms with Gasteiger partial charge in [0.15, 0.2) is 5.82 Å². The van der Waals surface area contributed by atoms with E-state index in [2.05, 4.69) is 20.4 Å². The Balaban J connectivity index is 1.79. The van der Waals surface area contributed by atoms with Gasteiger partial charge in [0.1, 0.15) is 5.69 Å². The number of carbonyl (C=O) groups excluding carboxylic acids is 2. The lowest BCUT2D eigenvalue weighted by Crippen LogP contribution is -2.14. The standard InChI is InChI=1S/C20H23N5O3/c1-6-28-20(27)17-13(4)18(22-14(17)5)19(26)23-15-7-8-16(21-10-15)25-12(3)9-11(2)24-25/h7-10,22H,6H2,1-5H3,(H,23,26). The highest BCUT2D eigenvalue weighted by molar-refractivity contribution is 6.06. The largest absolute Gasteiger partial charge is 0.462 e. The number of aromatic amines is 1. The van der Waals surface area contributed by atoms with Crippen LogP contribution in [0.1, 0.15) is 50.4 Å². The van der Waals surface area contributed by atoms with Crippen LogP contribution in [-0.4, -0.2) is 38.2 Å². The molecule has 0 aliphatic rings. The number of hydrogen-bond acceptors (Lipinski definition) is 5. The number of H-pyrrole nitrogens is 1. The molecule has 3 heterocycles. The molecule has 0 aliphatic carbocycles. The smallest absolute Gasteiger partial charge is 0.340 e. The third-order valence-electron chi connectivity index (χ3n) is 4.38. The molecule has 0 atom stereocenters. The molecular weight excluding hydrogens is 358 g/mol. The first kappa shape index (κ1) is 19.3. The van der Waals surface area contributed by atoms with E-state index in [1.807, 2.05) is 19.9 Å². The van der Waals surface area contributed by atoms with Crippen LogP contribution in [0.2, 0.25) is 0 Å². The predicted octanol–water partition coefficient (Wildman–Crippen LogP) is 3.26. The Bertz CT molecular complexity index is 1030. The van der Waals surface area contributed by atoms with Crippen LogP contribution in [0.5, 0.6) is 0 Å². The van der Waals surface area contributed by atoms with Crippen LogP contribution in [-0.2, 0) is 4.74 Å². The quantitative estimate of drug-likeness (QED) is 0.661. The summed E-state index contributed by atoms with van der Waals surface area (Å²) >= 11 is 0. The molecule has 0 aromatic carbocycles. The minimum atomic E-state index is -0.441. The van der Waals surface area contributed by atoms with Crippen molar-refractivity contribution in [2.24, 2.45) is 0 Å². The molecule has 2 N–H and O–H groups in total. The maximum Gasteiger partial charge on any atom is 0.340 e. The fourth-order valence-electron chi connectivity index (χ4n) is 3.13. The van der Waals surface area contributed by atoms with Crippen molar-refractivity contribution in [3.05, 3.63) is 58.3 Å². The summed E-state index contributed by atoms with van der Waals surface area (Å²) in [6.07, 6.45) is 1.57. The van der Waals surface area contributed by atoms with Gasteiger partial charge in [-0.15, -0.1) is 0 Å². The first-order valence-electron chi connectivity index (χ1n) is 8.99. The summed E-state index contributed by atoms with van der Waals surface area (Å²) in [5.74, 6) is -0.124. The van der Waals surface area contributed by atoms with Crippen molar-refractivity contribution in [2.45, 2.75) is 34.6 Å². The summed E-state index contributed by atoms with van der Waals surface area (Å²) in [7, 11) is 0. The van der Waals surface area contributed by atoms with Gasteiger partial charge in [0.05, 0.1) is 29.7 Å². The summed E-state index contributed by atoms with van der Waals surface area (Å²) in [5, 5.41) is 7.19. The molecule has 8 heteroatoms. The Labute approximate surface area is 162 Å². The van der Waals surface area contributed by atoms with Crippen LogP contribution >= 0.6 is 0 Å². The minimum Gasteiger partial charge on any atom is -0.462 e. The second kappa shape index (κ2) is 7.67. The van der Waals surface area contributed by atoms with Crippen LogP contribution in [0.25, 0.3) is 5.82 Å². The zero-order chi connectivity index (χ0) is 20.4. The molecule has 0 aliphatic heterocycles. The fraction of sp³-hybridized carbons (Fsp3) is 0.300. The maximum absolute atomic E-state index is 12.7. The number of hydrogen-bond donors (Lipinski definition) is 2. The van der Waals surface area contributed by atoms with Crippen molar-refractivity contribution < 1.29 is 14.3 Å². The van der Waals surface area contributed by atoms with Crippen molar-refractivity contribution in [1.82, 2.24) is 19.7 Å². The van der Waals surface area contributed by atoms with Gasteiger partial charge < -0.3 is 15.0 Å². The highest BCUT2D eigenvalue weighted by Crippen LogP contribution is 2.20. The number of aromatic nitrogens is 4. The van der Waals surface area contributed by atoms with Crippen LogP contribution in [0, 0.1) is 27.7 Å². The van der Waals surface area contributed by atoms with Crippen LogP contribution in [0.3, 0.4) is 0 Å². The highest BCUT2D eigenvalue weighted by atomic mass is 16.5. The molecule has 146 valence electrons. The van der Waals surface area contributed by atoms with Crippen molar-refractivity contribution in [3.63, 3.8) is 0 Å². The molecule has 3 aromatic rings. The zero-order valence-electron chi connectivity index (χ0n) is 16.6. The van der Waals surface area contributed by atoms with Crippen LogP contribution in [0.15, 0.2) is 24.4 Å². The number of nitrogens with zero attached hydrogens (tertiary/aromatic N) is 3. The SMILES string of the molecule is CCOC(=O)c1c(C)[nH]c(C(=O)Nc2ccc(-n3nc(C)cc3C)nc2)c1C. The molecule has 0 bridgehead atoms. The monoisotopic (exact) mass is 381 g/mol. The molecule has 0 saturated heterocycles. The van der Waals surface area contributed by atoms with Crippen molar-refractivity contribution in [3.8, 4) is 5.82 Å². The maximum atomic E-state index is 12.7.